The van der Waals surface area contributed by atoms with Crippen molar-refractivity contribution in [3.8, 4) is 17.2 Å². The van der Waals surface area contributed by atoms with Crippen LogP contribution < -0.4 is 29.5 Å². The number of nitrogens with zero attached hydrogens (tertiary/aromatic N) is 3. The first-order valence-corrected chi connectivity index (χ1v) is 17.1. The Morgan fingerprint density at radius 1 is 0.894 bits per heavy atom. The monoisotopic (exact) mass is 636 g/mol. The number of carbonyl (C=O) groups excluding carboxylic acids is 3. The zero-order valence-corrected chi connectivity index (χ0v) is 27.3. The molecule has 4 heterocycles. The molecule has 0 aromatic heterocycles. The Morgan fingerprint density at radius 3 is 2.45 bits per heavy atom. The minimum Gasteiger partial charge on any atom is -0.494 e. The molecule has 0 unspecified atom stereocenters. The van der Waals surface area contributed by atoms with Crippen molar-refractivity contribution in [3.05, 3.63) is 81.4 Å². The third-order valence-corrected chi connectivity index (χ3v) is 9.70. The van der Waals surface area contributed by atoms with Crippen LogP contribution in [0.15, 0.2) is 48.5 Å². The number of aryl methyl sites for hydroxylation is 2. The Morgan fingerprint density at radius 2 is 1.68 bits per heavy atom. The summed E-state index contributed by atoms with van der Waals surface area (Å²) in [7, 11) is 0. The molecule has 3 aromatic rings. The minimum atomic E-state index is -0.584. The number of unbranched alkanes of at least 4 members (excludes halogenated alkanes) is 1. The lowest BCUT2D eigenvalue weighted by molar-refractivity contribution is -0.197. The number of imide groups is 1. The van der Waals surface area contributed by atoms with Gasteiger partial charge in [0.1, 0.15) is 30.3 Å². The SMILES string of the molecule is CCN1CCCc2cc3c(cc21)Oc1cc2c(cc1=C3c1ccc(OCCCCC(=O)ON3C(=O)CCC3=O)cc1)CCC[N+]=2CC. The highest BCUT2D eigenvalue weighted by Crippen LogP contribution is 2.42. The third kappa shape index (κ3) is 6.11. The average molecular weight is 637 g/mol. The topological polar surface area (TPSA) is 88.4 Å². The van der Waals surface area contributed by atoms with E-state index in [1.54, 1.807) is 0 Å². The van der Waals surface area contributed by atoms with Crippen LogP contribution in [0.5, 0.6) is 17.2 Å². The molecule has 0 radical (unpaired) electrons. The first-order chi connectivity index (χ1) is 22.9. The fourth-order valence-electron chi connectivity index (χ4n) is 7.25. The molecule has 244 valence electrons. The summed E-state index contributed by atoms with van der Waals surface area (Å²) >= 11 is 0. The first kappa shape index (κ1) is 31.0. The predicted molar refractivity (Wildman–Crippen MR) is 178 cm³/mol. The van der Waals surface area contributed by atoms with E-state index in [0.717, 1.165) is 85.5 Å². The van der Waals surface area contributed by atoms with Gasteiger partial charge in [-0.05, 0) is 81.3 Å². The highest BCUT2D eigenvalue weighted by Gasteiger charge is 2.33. The summed E-state index contributed by atoms with van der Waals surface area (Å²) in [6.07, 6.45) is 5.87. The number of hydrogen-bond donors (Lipinski definition) is 0. The summed E-state index contributed by atoms with van der Waals surface area (Å²) in [6.45, 7) is 8.96. The molecule has 0 N–H and O–H groups in total. The van der Waals surface area contributed by atoms with Gasteiger partial charge in [-0.2, -0.15) is 0 Å². The van der Waals surface area contributed by atoms with Crippen molar-refractivity contribution in [2.45, 2.75) is 71.6 Å². The van der Waals surface area contributed by atoms with Crippen LogP contribution in [0.3, 0.4) is 0 Å². The van der Waals surface area contributed by atoms with Crippen LogP contribution in [0.2, 0.25) is 0 Å². The van der Waals surface area contributed by atoms with Gasteiger partial charge in [-0.1, -0.05) is 12.1 Å². The second-order valence-corrected chi connectivity index (χ2v) is 12.7. The normalized spacial score (nSPS) is 16.7. The van der Waals surface area contributed by atoms with Gasteiger partial charge >= 0.3 is 5.97 Å². The van der Waals surface area contributed by atoms with E-state index < -0.39 is 17.8 Å². The molecule has 1 saturated heterocycles. The van der Waals surface area contributed by atoms with E-state index in [9.17, 15) is 14.4 Å². The van der Waals surface area contributed by atoms with E-state index in [-0.39, 0.29) is 19.3 Å². The predicted octanol–water partition coefficient (Wildman–Crippen LogP) is 4.43. The van der Waals surface area contributed by atoms with Crippen molar-refractivity contribution in [2.24, 2.45) is 0 Å². The zero-order chi connectivity index (χ0) is 32.5. The highest BCUT2D eigenvalue weighted by atomic mass is 16.7. The fourth-order valence-corrected chi connectivity index (χ4v) is 7.25. The van der Waals surface area contributed by atoms with Crippen molar-refractivity contribution in [1.29, 1.82) is 0 Å². The van der Waals surface area contributed by atoms with E-state index in [1.807, 2.05) is 12.1 Å². The number of rotatable bonds is 10. The van der Waals surface area contributed by atoms with Gasteiger partial charge in [0.15, 0.2) is 0 Å². The Hall–Kier alpha value is -4.66. The molecule has 0 bridgehead atoms. The zero-order valence-electron chi connectivity index (χ0n) is 27.3. The summed E-state index contributed by atoms with van der Waals surface area (Å²) in [4.78, 5) is 42.8. The summed E-state index contributed by atoms with van der Waals surface area (Å²) in [6, 6.07) is 17.5. The molecule has 9 heteroatoms. The summed E-state index contributed by atoms with van der Waals surface area (Å²) in [5, 5.41) is 3.01. The van der Waals surface area contributed by atoms with Gasteiger partial charge in [0.25, 0.3) is 11.8 Å². The molecule has 0 atom stereocenters. The van der Waals surface area contributed by atoms with Crippen LogP contribution in [0, 0.1) is 0 Å². The van der Waals surface area contributed by atoms with Crippen LogP contribution in [0.1, 0.15) is 81.0 Å². The van der Waals surface area contributed by atoms with Crippen molar-refractivity contribution in [1.82, 2.24) is 9.64 Å². The summed E-state index contributed by atoms with van der Waals surface area (Å²) in [5.74, 6) is 1.05. The number of hydroxylamine groups is 2. The molecule has 1 fully saturated rings. The Balaban J connectivity index is 1.13. The van der Waals surface area contributed by atoms with Crippen LogP contribution in [-0.4, -0.2) is 55.6 Å². The first-order valence-electron chi connectivity index (χ1n) is 17.1. The maximum Gasteiger partial charge on any atom is 0.333 e. The molecular weight excluding hydrogens is 594 g/mol. The van der Waals surface area contributed by atoms with E-state index in [4.69, 9.17) is 14.3 Å². The number of hydrogen-bond acceptors (Lipinski definition) is 7. The number of carbonyl (C=O) groups is 3. The van der Waals surface area contributed by atoms with Gasteiger partial charge in [-0.3, -0.25) is 9.59 Å². The van der Waals surface area contributed by atoms with Gasteiger partial charge in [-0.15, -0.1) is 5.06 Å². The molecule has 0 saturated carbocycles. The summed E-state index contributed by atoms with van der Waals surface area (Å²) in [5.41, 5.74) is 7.47. The number of amides is 2. The Kier molecular flexibility index (Phi) is 8.71. The average Bonchev–Trinajstić information content (AvgIpc) is 3.40. The fraction of sp³-hybridized carbons (Fsp3) is 0.421. The largest absolute Gasteiger partial charge is 0.494 e. The molecule has 2 amide bonds. The van der Waals surface area contributed by atoms with Gasteiger partial charge in [0, 0.05) is 72.4 Å². The summed E-state index contributed by atoms with van der Waals surface area (Å²) < 4.78 is 15.2. The van der Waals surface area contributed by atoms with Crippen LogP contribution >= 0.6 is 0 Å². The smallest absolute Gasteiger partial charge is 0.333 e. The highest BCUT2D eigenvalue weighted by molar-refractivity contribution is 6.01. The Labute approximate surface area is 275 Å². The van der Waals surface area contributed by atoms with Crippen LogP contribution in [0.4, 0.5) is 5.69 Å². The molecule has 47 heavy (non-hydrogen) atoms. The van der Waals surface area contributed by atoms with Crippen LogP contribution in [0.25, 0.3) is 5.57 Å². The van der Waals surface area contributed by atoms with E-state index >= 15 is 0 Å². The Bertz CT molecular complexity index is 1850. The van der Waals surface area contributed by atoms with E-state index in [0.29, 0.717) is 24.5 Å². The molecule has 7 rings (SSSR count). The van der Waals surface area contributed by atoms with Gasteiger partial charge < -0.3 is 19.2 Å². The maximum absolute atomic E-state index is 12.1. The number of benzene rings is 3. The molecule has 4 aliphatic rings. The van der Waals surface area contributed by atoms with Crippen molar-refractivity contribution >= 4 is 29.0 Å². The van der Waals surface area contributed by atoms with Gasteiger partial charge in [0.05, 0.1) is 12.7 Å². The lowest BCUT2D eigenvalue weighted by atomic mass is 9.88. The maximum atomic E-state index is 12.1. The van der Waals surface area contributed by atoms with Crippen LogP contribution in [-0.2, 0) is 32.1 Å². The molecule has 9 nitrogen and oxygen atoms in total. The standard InChI is InChI=1S/C38H42N3O6/c1-3-39-18-7-9-26-21-29-33(23-31(26)39)46-34-24-32-27(10-8-19-40(32)4-2)22-30(34)38(29)25-12-14-28(15-13-25)45-20-6-5-11-37(44)47-41-35(42)16-17-36(41)43/h12-15,21-24H,3-11,16-20H2,1-2H3/q+1. The lowest BCUT2D eigenvalue weighted by Crippen LogP contribution is -2.39. The van der Waals surface area contributed by atoms with E-state index in [2.05, 4.69) is 59.7 Å². The number of fused-ring (bicyclic) bond motifs is 4. The molecule has 4 aliphatic heterocycles. The van der Waals surface area contributed by atoms with Gasteiger partial charge in [-0.25, -0.2) is 9.37 Å². The van der Waals surface area contributed by atoms with Gasteiger partial charge in [0.2, 0.25) is 5.36 Å². The van der Waals surface area contributed by atoms with Crippen molar-refractivity contribution in [2.75, 3.05) is 37.7 Å². The second kappa shape index (κ2) is 13.2. The molecular formula is C38H42N3O6+. The molecule has 0 spiro atoms. The quantitative estimate of drug-likeness (QED) is 0.145. The minimum absolute atomic E-state index is 0.0874. The molecule has 0 aliphatic carbocycles. The second-order valence-electron chi connectivity index (χ2n) is 12.7. The van der Waals surface area contributed by atoms with E-state index in [1.165, 1.54) is 27.7 Å². The van der Waals surface area contributed by atoms with Crippen molar-refractivity contribution < 1.29 is 28.7 Å². The number of anilines is 1. The van der Waals surface area contributed by atoms with Crippen molar-refractivity contribution in [3.63, 3.8) is 0 Å². The lowest BCUT2D eigenvalue weighted by Gasteiger charge is -2.32. The third-order valence-electron chi connectivity index (χ3n) is 9.70. The number of ether oxygens (including phenoxy) is 2. The molecule has 3 aromatic carbocycles.